The Morgan fingerprint density at radius 1 is 0.865 bits per heavy atom. The number of H-pyrrole nitrogens is 1. The number of hydrogen-bond acceptors (Lipinski definition) is 3. The molecule has 1 aromatic heterocycles. The van der Waals surface area contributed by atoms with Crippen LogP contribution in [0.4, 0.5) is 8.78 Å². The number of nitrogens with one attached hydrogen (secondary N) is 1. The molecule has 6 nitrogen and oxygen atoms in total. The fraction of sp³-hybridized carbons (Fsp3) is 0.321. The summed E-state index contributed by atoms with van der Waals surface area (Å²) in [5.41, 5.74) is 3.45. The number of piperidine rings is 1. The van der Waals surface area contributed by atoms with Crippen LogP contribution in [0, 0.1) is 11.6 Å². The van der Waals surface area contributed by atoms with Gasteiger partial charge in [-0.2, -0.15) is 0 Å². The number of likely N-dealkylation sites (tertiary alicyclic amines) is 1. The molecule has 3 aromatic carbocycles. The quantitative estimate of drug-likeness (QED) is 0.352. The molecule has 0 amide bonds. The first-order valence-electron chi connectivity index (χ1n) is 12.1. The predicted molar refractivity (Wildman–Crippen MR) is 143 cm³/mol. The van der Waals surface area contributed by atoms with Gasteiger partial charge in [0.1, 0.15) is 17.7 Å². The molecule has 0 bridgehead atoms. The first kappa shape index (κ1) is 28.5. The van der Waals surface area contributed by atoms with Crippen LogP contribution in [0.3, 0.4) is 0 Å². The lowest BCUT2D eigenvalue weighted by Crippen LogP contribution is -2.38. The summed E-state index contributed by atoms with van der Waals surface area (Å²) in [6.07, 6.45) is 2.34. The molecule has 5 rings (SSSR count). The molecule has 0 spiro atoms. The van der Waals surface area contributed by atoms with E-state index in [1.54, 1.807) is 28.8 Å². The summed E-state index contributed by atoms with van der Waals surface area (Å²) in [5, 5.41) is 0. The molecule has 0 saturated carbocycles. The van der Waals surface area contributed by atoms with Gasteiger partial charge in [-0.15, -0.1) is 12.4 Å². The smallest absolute Gasteiger partial charge is 0.326 e. The van der Waals surface area contributed by atoms with E-state index in [0.717, 1.165) is 61.1 Å². The monoisotopic (exact) mass is 531 g/mol. The van der Waals surface area contributed by atoms with Gasteiger partial charge in [0, 0.05) is 19.6 Å². The molecule has 0 atom stereocenters. The lowest BCUT2D eigenvalue weighted by atomic mass is 10.00. The number of rotatable bonds is 8. The van der Waals surface area contributed by atoms with Gasteiger partial charge in [0.2, 0.25) is 0 Å². The number of imidazole rings is 1. The first-order valence-corrected chi connectivity index (χ1v) is 12.1. The molecule has 37 heavy (non-hydrogen) atoms. The lowest BCUT2D eigenvalue weighted by Gasteiger charge is -2.34. The maximum absolute atomic E-state index is 13.5. The molecule has 0 unspecified atom stereocenters. The minimum absolute atomic E-state index is 0. The van der Waals surface area contributed by atoms with Crippen LogP contribution in [-0.2, 0) is 11.3 Å². The van der Waals surface area contributed by atoms with Crippen LogP contribution >= 0.6 is 12.4 Å². The molecule has 0 aliphatic carbocycles. The van der Waals surface area contributed by atoms with Crippen molar-refractivity contribution in [2.45, 2.75) is 38.0 Å². The third kappa shape index (κ3) is 6.84. The fourth-order valence-electron chi connectivity index (χ4n) is 4.87. The summed E-state index contributed by atoms with van der Waals surface area (Å²) in [4.78, 5) is 17.6. The minimum Gasteiger partial charge on any atom is -0.412 e. The zero-order valence-electron chi connectivity index (χ0n) is 20.4. The van der Waals surface area contributed by atoms with Gasteiger partial charge in [0.05, 0.1) is 17.1 Å². The molecule has 1 fully saturated rings. The molecular formula is C28H32ClF2N3O3. The van der Waals surface area contributed by atoms with Gasteiger partial charge in [-0.05, 0) is 73.3 Å². The van der Waals surface area contributed by atoms with Crippen LogP contribution in [0.15, 0.2) is 77.6 Å². The van der Waals surface area contributed by atoms with Crippen LogP contribution in [0.5, 0.6) is 0 Å². The van der Waals surface area contributed by atoms with Crippen molar-refractivity contribution in [2.24, 2.45) is 0 Å². The van der Waals surface area contributed by atoms with Crippen molar-refractivity contribution in [3.8, 4) is 0 Å². The summed E-state index contributed by atoms with van der Waals surface area (Å²) in [6, 6.07) is 20.4. The zero-order valence-corrected chi connectivity index (χ0v) is 21.2. The summed E-state index contributed by atoms with van der Waals surface area (Å²) >= 11 is 0. The Balaban J connectivity index is 0.00000190. The van der Waals surface area contributed by atoms with E-state index in [1.165, 1.54) is 24.3 Å². The molecule has 2 heterocycles. The highest BCUT2D eigenvalue weighted by Crippen LogP contribution is 2.30. The summed E-state index contributed by atoms with van der Waals surface area (Å²) < 4.78 is 35.3. The largest absolute Gasteiger partial charge is 0.412 e. The van der Waals surface area contributed by atoms with Gasteiger partial charge in [-0.1, -0.05) is 36.4 Å². The van der Waals surface area contributed by atoms with E-state index in [2.05, 4.69) is 9.88 Å². The number of halogens is 3. The molecule has 198 valence electrons. The van der Waals surface area contributed by atoms with Crippen molar-refractivity contribution in [1.29, 1.82) is 0 Å². The normalized spacial score (nSPS) is 14.5. The number of benzene rings is 3. The molecule has 3 N–H and O–H groups in total. The van der Waals surface area contributed by atoms with E-state index in [0.29, 0.717) is 6.54 Å². The fourth-order valence-corrected chi connectivity index (χ4v) is 4.87. The van der Waals surface area contributed by atoms with Crippen molar-refractivity contribution in [2.75, 3.05) is 19.6 Å². The summed E-state index contributed by atoms with van der Waals surface area (Å²) in [5.74, 6) is -0.593. The van der Waals surface area contributed by atoms with Crippen molar-refractivity contribution < 1.29 is 19.0 Å². The number of aromatic amines is 1. The average molecular weight is 532 g/mol. The molecule has 0 radical (unpaired) electrons. The number of nitrogens with zero attached hydrogens (tertiary/aromatic N) is 2. The van der Waals surface area contributed by atoms with Crippen molar-refractivity contribution >= 4 is 23.4 Å². The molecule has 4 aromatic rings. The zero-order chi connectivity index (χ0) is 24.2. The van der Waals surface area contributed by atoms with Crippen LogP contribution in [-0.4, -0.2) is 45.7 Å². The molecule has 1 saturated heterocycles. The molecular weight excluding hydrogens is 500 g/mol. The molecule has 1 aliphatic rings. The first-order chi connectivity index (χ1) is 17.1. The van der Waals surface area contributed by atoms with Gasteiger partial charge < -0.3 is 20.1 Å². The van der Waals surface area contributed by atoms with Crippen LogP contribution in [0.25, 0.3) is 11.0 Å². The number of aromatic nitrogens is 2. The highest BCUT2D eigenvalue weighted by molar-refractivity contribution is 5.85. The Kier molecular flexibility index (Phi) is 10.00. The van der Waals surface area contributed by atoms with Crippen LogP contribution in [0.2, 0.25) is 0 Å². The van der Waals surface area contributed by atoms with Gasteiger partial charge in [0.15, 0.2) is 0 Å². The Morgan fingerprint density at radius 3 is 2.03 bits per heavy atom. The van der Waals surface area contributed by atoms with Crippen molar-refractivity contribution in [3.05, 3.63) is 106 Å². The molecule has 1 aliphatic heterocycles. The Labute approximate surface area is 220 Å². The maximum atomic E-state index is 13.5. The van der Waals surface area contributed by atoms with E-state index in [4.69, 9.17) is 4.74 Å². The Morgan fingerprint density at radius 2 is 1.43 bits per heavy atom. The SMILES string of the molecule is Cl.O.O=c1[nH]c2ccccc2n1CCCN1CCC(OC(c2ccc(F)cc2)c2ccc(F)cc2)CC1. The van der Waals surface area contributed by atoms with Crippen molar-refractivity contribution in [1.82, 2.24) is 14.5 Å². The van der Waals surface area contributed by atoms with Crippen LogP contribution < -0.4 is 5.69 Å². The third-order valence-corrected chi connectivity index (χ3v) is 6.75. The molecule has 9 heteroatoms. The summed E-state index contributed by atoms with van der Waals surface area (Å²) in [7, 11) is 0. The van der Waals surface area contributed by atoms with Gasteiger partial charge >= 0.3 is 5.69 Å². The van der Waals surface area contributed by atoms with Gasteiger partial charge in [0.25, 0.3) is 0 Å². The predicted octanol–water partition coefficient (Wildman–Crippen LogP) is 4.87. The second-order valence-electron chi connectivity index (χ2n) is 9.11. The maximum Gasteiger partial charge on any atom is 0.326 e. The van der Waals surface area contributed by atoms with Gasteiger partial charge in [-0.25, -0.2) is 13.6 Å². The van der Waals surface area contributed by atoms with E-state index in [9.17, 15) is 13.6 Å². The van der Waals surface area contributed by atoms with Crippen molar-refractivity contribution in [3.63, 3.8) is 0 Å². The lowest BCUT2D eigenvalue weighted by molar-refractivity contribution is -0.0271. The number of aryl methyl sites for hydroxylation is 1. The Hall–Kier alpha value is -3.04. The number of ether oxygens (including phenoxy) is 1. The van der Waals surface area contributed by atoms with E-state index >= 15 is 0 Å². The van der Waals surface area contributed by atoms with Crippen LogP contribution in [0.1, 0.15) is 36.5 Å². The highest BCUT2D eigenvalue weighted by Gasteiger charge is 2.25. The van der Waals surface area contributed by atoms with Gasteiger partial charge in [-0.3, -0.25) is 4.57 Å². The number of fused-ring (bicyclic) bond motifs is 1. The number of para-hydroxylation sites is 2. The van der Waals surface area contributed by atoms with E-state index < -0.39 is 0 Å². The highest BCUT2D eigenvalue weighted by atomic mass is 35.5. The second kappa shape index (κ2) is 13.0. The third-order valence-electron chi connectivity index (χ3n) is 6.75. The Bertz CT molecular complexity index is 1270. The standard InChI is InChI=1S/C28H29F2N3O2.ClH.H2O/c29-22-10-6-20(7-11-22)27(21-8-12-23(30)13-9-21)35-24-14-18-32(19-15-24)16-3-17-33-26-5-2-1-4-25(26)31-28(33)34;;/h1-2,4-13,24,27H,3,14-19H2,(H,31,34);1H;1H2. The minimum atomic E-state index is -0.374. The average Bonchev–Trinajstić information content (AvgIpc) is 3.20. The second-order valence-corrected chi connectivity index (χ2v) is 9.11. The number of hydrogen-bond donors (Lipinski definition) is 1. The topological polar surface area (TPSA) is 81.8 Å². The van der Waals surface area contributed by atoms with E-state index in [-0.39, 0.29) is 47.4 Å². The summed E-state index contributed by atoms with van der Waals surface area (Å²) in [6.45, 7) is 3.41. The van der Waals surface area contributed by atoms with E-state index in [1.807, 2.05) is 24.3 Å².